The van der Waals surface area contributed by atoms with Crippen LogP contribution in [0.3, 0.4) is 0 Å². The number of fused-ring (bicyclic) bond motifs is 2. The summed E-state index contributed by atoms with van der Waals surface area (Å²) < 4.78 is 8.18. The quantitative estimate of drug-likeness (QED) is 0.354. The maximum Gasteiger partial charge on any atom is 0.368 e. The number of thiazole rings is 1. The van der Waals surface area contributed by atoms with Gasteiger partial charge in [0.25, 0.3) is 0 Å². The van der Waals surface area contributed by atoms with Gasteiger partial charge in [-0.15, -0.1) is 11.3 Å². The lowest BCUT2D eigenvalue weighted by atomic mass is 10.3. The summed E-state index contributed by atoms with van der Waals surface area (Å²) in [5.41, 5.74) is 1.35. The molecule has 0 fully saturated rings. The van der Waals surface area contributed by atoms with Gasteiger partial charge in [-0.05, 0) is 35.3 Å². The van der Waals surface area contributed by atoms with Crippen LogP contribution in [0.25, 0.3) is 26.6 Å². The lowest BCUT2D eigenvalue weighted by Crippen LogP contribution is -2.05. The van der Waals surface area contributed by atoms with E-state index in [1.165, 1.54) is 10.7 Å². The molecule has 0 spiro atoms. The molecule has 0 bridgehead atoms. The number of nitrogens with one attached hydrogen (secondary N) is 1. The second-order valence-corrected chi connectivity index (χ2v) is 7.00. The van der Waals surface area contributed by atoms with Crippen molar-refractivity contribution in [2.24, 2.45) is 0 Å². The van der Waals surface area contributed by atoms with Crippen LogP contribution in [0.2, 0.25) is 0 Å². The number of hydrogen-bond acceptors (Lipinski definition) is 8. The molecule has 0 aliphatic carbocycles. The monoisotopic (exact) mass is 392 g/mol. The molecule has 4 heterocycles. The zero-order valence-corrected chi connectivity index (χ0v) is 15.1. The van der Waals surface area contributed by atoms with Crippen molar-refractivity contribution in [3.63, 3.8) is 0 Å². The van der Waals surface area contributed by atoms with Gasteiger partial charge < -0.3 is 19.8 Å². The van der Waals surface area contributed by atoms with Crippen LogP contribution in [-0.2, 0) is 6.54 Å². The molecule has 0 atom stereocenters. The van der Waals surface area contributed by atoms with Crippen molar-refractivity contribution >= 4 is 38.8 Å². The fraction of sp³-hybridized carbons (Fsp3) is 0.0556. The molecule has 28 heavy (non-hydrogen) atoms. The van der Waals surface area contributed by atoms with Crippen LogP contribution in [0.15, 0.2) is 59.1 Å². The zero-order valence-electron chi connectivity index (χ0n) is 14.3. The van der Waals surface area contributed by atoms with Crippen molar-refractivity contribution in [1.29, 1.82) is 0 Å². The number of anilines is 1. The van der Waals surface area contributed by atoms with Crippen molar-refractivity contribution < 1.29 is 9.34 Å². The van der Waals surface area contributed by atoms with E-state index in [0.717, 1.165) is 15.2 Å². The van der Waals surface area contributed by atoms with Crippen LogP contribution in [0.5, 0.6) is 0 Å². The average molecular weight is 392 g/mol. The summed E-state index contributed by atoms with van der Waals surface area (Å²) >= 11 is 1.57. The summed E-state index contributed by atoms with van der Waals surface area (Å²) in [4.78, 5) is 19.1. The minimum absolute atomic E-state index is 0.185. The van der Waals surface area contributed by atoms with E-state index in [0.29, 0.717) is 29.5 Å². The first-order valence-electron chi connectivity index (χ1n) is 8.35. The predicted molar refractivity (Wildman–Crippen MR) is 104 cm³/mol. The highest BCUT2D eigenvalue weighted by molar-refractivity contribution is 7.21. The van der Waals surface area contributed by atoms with Crippen molar-refractivity contribution in [1.82, 2.24) is 19.6 Å². The van der Waals surface area contributed by atoms with E-state index in [4.69, 9.17) is 4.42 Å². The summed E-state index contributed by atoms with van der Waals surface area (Å²) in [7, 11) is 0. The molecule has 0 unspecified atom stereocenters. The van der Waals surface area contributed by atoms with Crippen molar-refractivity contribution in [2.75, 3.05) is 5.32 Å². The maximum absolute atomic E-state index is 11.0. The molecule has 0 saturated heterocycles. The number of aromatic nitrogens is 4. The third-order valence-corrected chi connectivity index (χ3v) is 5.19. The molecule has 138 valence electrons. The molecule has 0 radical (unpaired) electrons. The molecule has 0 aliphatic heterocycles. The third-order valence-electron chi connectivity index (χ3n) is 4.14. The van der Waals surface area contributed by atoms with Gasteiger partial charge in [0.05, 0.1) is 16.8 Å². The Labute approximate surface area is 161 Å². The second-order valence-electron chi connectivity index (χ2n) is 5.97. The van der Waals surface area contributed by atoms with Crippen LogP contribution >= 0.6 is 11.3 Å². The minimum Gasteiger partial charge on any atom is -0.457 e. The first-order chi connectivity index (χ1) is 13.7. The number of furan rings is 1. The summed E-state index contributed by atoms with van der Waals surface area (Å²) in [5.74, 6) is 1.70. The Bertz CT molecular complexity index is 1290. The van der Waals surface area contributed by atoms with Gasteiger partial charge in [-0.3, -0.25) is 0 Å². The Kier molecular flexibility index (Phi) is 3.76. The molecule has 9 nitrogen and oxygen atoms in total. The predicted octanol–water partition coefficient (Wildman–Crippen LogP) is 4.12. The van der Waals surface area contributed by atoms with Gasteiger partial charge in [-0.25, -0.2) is 9.97 Å². The van der Waals surface area contributed by atoms with Crippen LogP contribution in [0.4, 0.5) is 11.6 Å². The minimum atomic E-state index is -0.520. The highest BCUT2D eigenvalue weighted by Gasteiger charge is 2.16. The van der Waals surface area contributed by atoms with Gasteiger partial charge in [0.1, 0.15) is 12.0 Å². The second kappa shape index (κ2) is 6.43. The van der Waals surface area contributed by atoms with E-state index < -0.39 is 4.92 Å². The van der Waals surface area contributed by atoms with Crippen molar-refractivity contribution in [3.05, 3.63) is 70.6 Å². The van der Waals surface area contributed by atoms with E-state index >= 15 is 0 Å². The van der Waals surface area contributed by atoms with Gasteiger partial charge in [-0.2, -0.15) is 0 Å². The van der Waals surface area contributed by atoms with Crippen LogP contribution < -0.4 is 5.32 Å². The maximum atomic E-state index is 11.0. The van der Waals surface area contributed by atoms with Crippen LogP contribution in [0.1, 0.15) is 5.76 Å². The molecule has 4 aromatic heterocycles. The summed E-state index contributed by atoms with van der Waals surface area (Å²) in [6, 6.07) is 15.1. The Hall–Kier alpha value is -3.79. The fourth-order valence-corrected chi connectivity index (χ4v) is 3.75. The number of imidazole rings is 1. The normalized spacial score (nSPS) is 11.3. The Morgan fingerprint density at radius 2 is 2.07 bits per heavy atom. The molecule has 1 aromatic carbocycles. The lowest BCUT2D eigenvalue weighted by molar-refractivity contribution is -0.391. The lowest BCUT2D eigenvalue weighted by Gasteiger charge is -2.02. The fourth-order valence-electron chi connectivity index (χ4n) is 2.82. The molecule has 0 amide bonds. The first-order valence-corrected chi connectivity index (χ1v) is 9.17. The average Bonchev–Trinajstić information content (AvgIpc) is 3.42. The number of nitro groups is 1. The van der Waals surface area contributed by atoms with Crippen LogP contribution in [-0.4, -0.2) is 24.5 Å². The number of hydrogen-bond donors (Lipinski definition) is 1. The van der Waals surface area contributed by atoms with Crippen LogP contribution in [0, 0.1) is 10.1 Å². The first kappa shape index (κ1) is 16.4. The molecule has 5 aromatic rings. The van der Waals surface area contributed by atoms with Gasteiger partial charge in [0.2, 0.25) is 5.65 Å². The summed E-state index contributed by atoms with van der Waals surface area (Å²) in [5, 5.41) is 19.2. The third kappa shape index (κ3) is 2.85. The summed E-state index contributed by atoms with van der Waals surface area (Å²) in [6.07, 6.45) is 1.18. The van der Waals surface area contributed by atoms with E-state index in [2.05, 4.69) is 20.4 Å². The van der Waals surface area contributed by atoms with Crippen molar-refractivity contribution in [3.8, 4) is 10.8 Å². The topological polar surface area (TPSA) is 111 Å². The molecule has 0 aliphatic rings. The van der Waals surface area contributed by atoms with E-state index in [9.17, 15) is 10.1 Å². The number of benzene rings is 1. The molecule has 0 saturated carbocycles. The number of para-hydroxylation sites is 1. The van der Waals surface area contributed by atoms with Gasteiger partial charge >= 0.3 is 5.82 Å². The molecular weight excluding hydrogens is 380 g/mol. The highest BCUT2D eigenvalue weighted by Crippen LogP contribution is 2.31. The Morgan fingerprint density at radius 1 is 1.18 bits per heavy atom. The Morgan fingerprint density at radius 3 is 2.93 bits per heavy atom. The number of rotatable bonds is 5. The van der Waals surface area contributed by atoms with Gasteiger partial charge in [0, 0.05) is 6.07 Å². The van der Waals surface area contributed by atoms with E-state index in [1.807, 2.05) is 36.4 Å². The van der Waals surface area contributed by atoms with E-state index in [-0.39, 0.29) is 5.82 Å². The highest BCUT2D eigenvalue weighted by atomic mass is 32.1. The van der Waals surface area contributed by atoms with Gasteiger partial charge in [0.15, 0.2) is 16.6 Å². The smallest absolute Gasteiger partial charge is 0.368 e. The largest absolute Gasteiger partial charge is 0.457 e. The van der Waals surface area contributed by atoms with Gasteiger partial charge in [-0.1, -0.05) is 21.7 Å². The number of nitrogens with zero attached hydrogens (tertiary/aromatic N) is 5. The SMILES string of the molecule is O=[N+]([O-])c1cnc2ccc(NCc3ccc(-c4nc5ccccc5s4)o3)nn12. The van der Waals surface area contributed by atoms with E-state index in [1.54, 1.807) is 23.5 Å². The molecule has 1 N–H and O–H groups in total. The molecule has 5 rings (SSSR count). The standard InChI is InChI=1S/C18H12N6O3S/c25-24(26)17-10-20-16-8-7-15(22-23(16)17)19-9-11-5-6-13(27-11)18-21-12-3-1-2-4-14(12)28-18/h1-8,10H,9H2,(H,19,22). The molecular formula is C18H12N6O3S. The van der Waals surface area contributed by atoms with Crippen molar-refractivity contribution in [2.45, 2.75) is 6.54 Å². The molecule has 10 heteroatoms. The Balaban J connectivity index is 1.35. The zero-order chi connectivity index (χ0) is 19.1. The summed E-state index contributed by atoms with van der Waals surface area (Å²) in [6.45, 7) is 0.381.